The molecule has 1 amide bonds. The van der Waals surface area contributed by atoms with Gasteiger partial charge < -0.3 is 11.1 Å². The van der Waals surface area contributed by atoms with Crippen molar-refractivity contribution in [1.29, 1.82) is 0 Å². The van der Waals surface area contributed by atoms with Crippen LogP contribution in [0.4, 0.5) is 0 Å². The quantitative estimate of drug-likeness (QED) is 0.789. The summed E-state index contributed by atoms with van der Waals surface area (Å²) >= 11 is 0. The highest BCUT2D eigenvalue weighted by atomic mass is 16.1. The molecule has 0 spiro atoms. The number of amides is 1. The van der Waals surface area contributed by atoms with E-state index in [0.29, 0.717) is 13.0 Å². The molecule has 0 saturated heterocycles. The van der Waals surface area contributed by atoms with Gasteiger partial charge in [-0.2, -0.15) is 0 Å². The first kappa shape index (κ1) is 12.7. The molecule has 0 saturated carbocycles. The molecule has 1 rings (SSSR count). The van der Waals surface area contributed by atoms with Gasteiger partial charge in [0.05, 0.1) is 0 Å². The van der Waals surface area contributed by atoms with Gasteiger partial charge in [0.1, 0.15) is 0 Å². The van der Waals surface area contributed by atoms with Crippen molar-refractivity contribution in [1.82, 2.24) is 5.32 Å². The Bertz CT molecular complexity index is 328. The molecule has 1 aromatic rings. The number of carbonyl (C=O) groups excluding carboxylic acids is 1. The Balaban J connectivity index is 2.24. The molecule has 0 aliphatic carbocycles. The van der Waals surface area contributed by atoms with Crippen LogP contribution < -0.4 is 11.1 Å². The van der Waals surface area contributed by atoms with Gasteiger partial charge in [-0.25, -0.2) is 0 Å². The molecule has 0 aliphatic rings. The summed E-state index contributed by atoms with van der Waals surface area (Å²) in [6, 6.07) is 10.1. The lowest BCUT2D eigenvalue weighted by Gasteiger charge is -2.17. The molecule has 88 valence electrons. The van der Waals surface area contributed by atoms with E-state index in [4.69, 9.17) is 5.73 Å². The maximum absolute atomic E-state index is 11.5. The van der Waals surface area contributed by atoms with Crippen molar-refractivity contribution in [3.8, 4) is 0 Å². The minimum Gasteiger partial charge on any atom is -0.356 e. The Hall–Kier alpha value is -1.35. The normalized spacial score (nSPS) is 11.2. The molecule has 0 aliphatic heterocycles. The summed E-state index contributed by atoms with van der Waals surface area (Å²) in [5.74, 6) is 0.0171. The van der Waals surface area contributed by atoms with Gasteiger partial charge in [0, 0.05) is 18.5 Å². The minimum atomic E-state index is -0.434. The van der Waals surface area contributed by atoms with Crippen LogP contribution in [-0.4, -0.2) is 18.0 Å². The second kappa shape index (κ2) is 5.66. The molecule has 0 heterocycles. The topological polar surface area (TPSA) is 55.1 Å². The van der Waals surface area contributed by atoms with Gasteiger partial charge in [-0.1, -0.05) is 30.3 Å². The Morgan fingerprint density at radius 2 is 1.94 bits per heavy atom. The Labute approximate surface area is 97.0 Å². The zero-order chi connectivity index (χ0) is 12.0. The van der Waals surface area contributed by atoms with Crippen molar-refractivity contribution in [3.05, 3.63) is 35.9 Å². The Morgan fingerprint density at radius 3 is 2.50 bits per heavy atom. The van der Waals surface area contributed by atoms with Crippen LogP contribution in [0.5, 0.6) is 0 Å². The summed E-state index contributed by atoms with van der Waals surface area (Å²) in [4.78, 5) is 11.5. The third-order valence-electron chi connectivity index (χ3n) is 2.19. The molecule has 0 unspecified atom stereocenters. The molecular formula is C13H20N2O. The summed E-state index contributed by atoms with van der Waals surface area (Å²) in [6.45, 7) is 4.37. The van der Waals surface area contributed by atoms with Gasteiger partial charge >= 0.3 is 0 Å². The van der Waals surface area contributed by atoms with Crippen LogP contribution in [0, 0.1) is 0 Å². The van der Waals surface area contributed by atoms with E-state index < -0.39 is 5.54 Å². The van der Waals surface area contributed by atoms with Crippen molar-refractivity contribution in [2.45, 2.75) is 32.2 Å². The molecule has 3 nitrogen and oxygen atoms in total. The lowest BCUT2D eigenvalue weighted by molar-refractivity contribution is -0.121. The highest BCUT2D eigenvalue weighted by Crippen LogP contribution is 2.03. The molecule has 0 atom stereocenters. The second-order valence-electron chi connectivity index (χ2n) is 4.75. The van der Waals surface area contributed by atoms with Crippen LogP contribution in [0.15, 0.2) is 30.3 Å². The maximum atomic E-state index is 11.5. The van der Waals surface area contributed by atoms with Gasteiger partial charge in [-0.05, 0) is 25.8 Å². The van der Waals surface area contributed by atoms with Crippen LogP contribution in [-0.2, 0) is 11.2 Å². The van der Waals surface area contributed by atoms with Gasteiger partial charge in [-0.3, -0.25) is 4.79 Å². The number of nitrogens with two attached hydrogens (primary N) is 1. The molecule has 0 bridgehead atoms. The SMILES string of the molecule is CC(C)(N)CC(=O)NCCc1ccccc1. The smallest absolute Gasteiger partial charge is 0.221 e. The van der Waals surface area contributed by atoms with Crippen molar-refractivity contribution >= 4 is 5.91 Å². The fourth-order valence-electron chi connectivity index (χ4n) is 1.47. The number of rotatable bonds is 5. The predicted octanol–water partition coefficient (Wildman–Crippen LogP) is 1.47. The molecule has 3 heteroatoms. The number of benzene rings is 1. The number of nitrogens with one attached hydrogen (secondary N) is 1. The van der Waals surface area contributed by atoms with Crippen molar-refractivity contribution in [2.24, 2.45) is 5.73 Å². The molecule has 3 N–H and O–H groups in total. The lowest BCUT2D eigenvalue weighted by atomic mass is 10.0. The summed E-state index contributed by atoms with van der Waals surface area (Å²) in [5, 5.41) is 2.87. The standard InChI is InChI=1S/C13H20N2O/c1-13(2,14)10-12(16)15-9-8-11-6-4-3-5-7-11/h3-7H,8-10,14H2,1-2H3,(H,15,16). The van der Waals surface area contributed by atoms with Crippen LogP contribution in [0.25, 0.3) is 0 Å². The van der Waals surface area contributed by atoms with Crippen molar-refractivity contribution in [2.75, 3.05) is 6.54 Å². The van der Waals surface area contributed by atoms with Gasteiger partial charge in [-0.15, -0.1) is 0 Å². The summed E-state index contributed by atoms with van der Waals surface area (Å²) in [5.41, 5.74) is 6.56. The van der Waals surface area contributed by atoms with Gasteiger partial charge in [0.2, 0.25) is 5.91 Å². The van der Waals surface area contributed by atoms with E-state index >= 15 is 0 Å². The van der Waals surface area contributed by atoms with Crippen LogP contribution in [0.3, 0.4) is 0 Å². The Kier molecular flexibility index (Phi) is 4.50. The van der Waals surface area contributed by atoms with E-state index in [0.717, 1.165) is 6.42 Å². The molecule has 1 aromatic carbocycles. The molecule has 0 aromatic heterocycles. The van der Waals surface area contributed by atoms with Crippen molar-refractivity contribution in [3.63, 3.8) is 0 Å². The molecular weight excluding hydrogens is 200 g/mol. The van der Waals surface area contributed by atoms with Crippen LogP contribution in [0.2, 0.25) is 0 Å². The van der Waals surface area contributed by atoms with E-state index in [1.165, 1.54) is 5.56 Å². The molecule has 16 heavy (non-hydrogen) atoms. The maximum Gasteiger partial charge on any atom is 0.221 e. The number of carbonyl (C=O) groups is 1. The van der Waals surface area contributed by atoms with Crippen LogP contribution in [0.1, 0.15) is 25.8 Å². The summed E-state index contributed by atoms with van der Waals surface area (Å²) in [6.07, 6.45) is 1.22. The fraction of sp³-hybridized carbons (Fsp3) is 0.462. The van der Waals surface area contributed by atoms with Crippen molar-refractivity contribution < 1.29 is 4.79 Å². The zero-order valence-electron chi connectivity index (χ0n) is 9.99. The zero-order valence-corrected chi connectivity index (χ0v) is 9.99. The third-order valence-corrected chi connectivity index (χ3v) is 2.19. The third kappa shape index (κ3) is 5.51. The van der Waals surface area contributed by atoms with Gasteiger partial charge in [0.15, 0.2) is 0 Å². The summed E-state index contributed by atoms with van der Waals surface area (Å²) < 4.78 is 0. The average Bonchev–Trinajstić information content (AvgIpc) is 2.16. The number of hydrogen-bond donors (Lipinski definition) is 2. The monoisotopic (exact) mass is 220 g/mol. The first-order valence-corrected chi connectivity index (χ1v) is 5.57. The Morgan fingerprint density at radius 1 is 1.31 bits per heavy atom. The highest BCUT2D eigenvalue weighted by Gasteiger charge is 2.15. The van der Waals surface area contributed by atoms with E-state index in [-0.39, 0.29) is 5.91 Å². The van der Waals surface area contributed by atoms with E-state index in [2.05, 4.69) is 17.4 Å². The minimum absolute atomic E-state index is 0.0171. The second-order valence-corrected chi connectivity index (χ2v) is 4.75. The van der Waals surface area contributed by atoms with E-state index in [9.17, 15) is 4.79 Å². The highest BCUT2D eigenvalue weighted by molar-refractivity contribution is 5.77. The molecule has 0 fully saturated rings. The van der Waals surface area contributed by atoms with Crippen LogP contribution >= 0.6 is 0 Å². The fourth-order valence-corrected chi connectivity index (χ4v) is 1.47. The predicted molar refractivity (Wildman–Crippen MR) is 66.0 cm³/mol. The first-order valence-electron chi connectivity index (χ1n) is 5.57. The molecule has 0 radical (unpaired) electrons. The summed E-state index contributed by atoms with van der Waals surface area (Å²) in [7, 11) is 0. The van der Waals surface area contributed by atoms with E-state index in [1.807, 2.05) is 32.0 Å². The first-order chi connectivity index (χ1) is 7.47. The average molecular weight is 220 g/mol. The van der Waals surface area contributed by atoms with E-state index in [1.54, 1.807) is 0 Å². The lowest BCUT2D eigenvalue weighted by Crippen LogP contribution is -2.39. The largest absolute Gasteiger partial charge is 0.356 e. The van der Waals surface area contributed by atoms with Gasteiger partial charge in [0.25, 0.3) is 0 Å². The number of hydrogen-bond acceptors (Lipinski definition) is 2.